The standard InChI is InChI=1S/C22H13N3O4/c26-19(21-25-17-11-5-6-12-18(17)28-21)23-15-9-3-1-7-13(15)20-24-16-10-4-2-8-14(16)22(27)29-20/h1-12H,(H,23,26). The molecule has 7 heteroatoms. The van der Waals surface area contributed by atoms with Gasteiger partial charge in [-0.25, -0.2) is 14.8 Å². The van der Waals surface area contributed by atoms with Gasteiger partial charge in [-0.1, -0.05) is 36.4 Å². The molecule has 1 amide bonds. The molecule has 0 saturated heterocycles. The van der Waals surface area contributed by atoms with E-state index in [0.29, 0.717) is 33.3 Å². The summed E-state index contributed by atoms with van der Waals surface area (Å²) in [5, 5.41) is 3.15. The summed E-state index contributed by atoms with van der Waals surface area (Å²) in [6, 6.07) is 21.0. The van der Waals surface area contributed by atoms with E-state index in [1.54, 1.807) is 66.7 Å². The fraction of sp³-hybridized carbons (Fsp3) is 0. The van der Waals surface area contributed by atoms with E-state index in [2.05, 4.69) is 15.3 Å². The number of anilines is 1. The highest BCUT2D eigenvalue weighted by atomic mass is 16.4. The van der Waals surface area contributed by atoms with Crippen LogP contribution in [-0.4, -0.2) is 15.9 Å². The first kappa shape index (κ1) is 16.9. The maximum absolute atomic E-state index is 12.7. The van der Waals surface area contributed by atoms with Gasteiger partial charge < -0.3 is 14.2 Å². The summed E-state index contributed by atoms with van der Waals surface area (Å²) in [6.07, 6.45) is 0. The molecule has 0 aliphatic heterocycles. The lowest BCUT2D eigenvalue weighted by molar-refractivity contribution is 0.0992. The number of rotatable bonds is 3. The normalized spacial score (nSPS) is 11.0. The molecule has 0 fully saturated rings. The minimum atomic E-state index is -0.517. The molecule has 140 valence electrons. The number of benzene rings is 3. The third kappa shape index (κ3) is 3.04. The van der Waals surface area contributed by atoms with Crippen LogP contribution in [0.2, 0.25) is 0 Å². The van der Waals surface area contributed by atoms with Gasteiger partial charge in [0.05, 0.1) is 22.2 Å². The lowest BCUT2D eigenvalue weighted by Gasteiger charge is -2.08. The molecule has 0 unspecified atom stereocenters. The average Bonchev–Trinajstić information content (AvgIpc) is 3.19. The topological polar surface area (TPSA) is 98.2 Å². The first-order chi connectivity index (χ1) is 14.2. The highest BCUT2D eigenvalue weighted by molar-refractivity contribution is 6.04. The van der Waals surface area contributed by atoms with E-state index in [1.807, 2.05) is 6.07 Å². The Morgan fingerprint density at radius 3 is 2.38 bits per heavy atom. The molecule has 0 bridgehead atoms. The fourth-order valence-electron chi connectivity index (χ4n) is 3.06. The molecule has 0 aliphatic rings. The van der Waals surface area contributed by atoms with Crippen molar-refractivity contribution >= 4 is 33.6 Å². The number of carbonyl (C=O) groups excluding carboxylic acids is 1. The van der Waals surface area contributed by atoms with Crippen LogP contribution in [0.4, 0.5) is 5.69 Å². The van der Waals surface area contributed by atoms with Crippen LogP contribution in [-0.2, 0) is 0 Å². The molecule has 5 aromatic rings. The van der Waals surface area contributed by atoms with Gasteiger partial charge in [-0.2, -0.15) is 0 Å². The zero-order valence-corrected chi connectivity index (χ0v) is 15.0. The molecular weight excluding hydrogens is 370 g/mol. The van der Waals surface area contributed by atoms with Crippen LogP contribution in [0.25, 0.3) is 33.5 Å². The van der Waals surface area contributed by atoms with Crippen molar-refractivity contribution in [1.82, 2.24) is 9.97 Å². The summed E-state index contributed by atoms with van der Waals surface area (Å²) >= 11 is 0. The molecule has 0 atom stereocenters. The molecule has 3 aromatic carbocycles. The molecule has 29 heavy (non-hydrogen) atoms. The van der Waals surface area contributed by atoms with Crippen molar-refractivity contribution in [2.45, 2.75) is 0 Å². The maximum Gasteiger partial charge on any atom is 0.347 e. The highest BCUT2D eigenvalue weighted by Crippen LogP contribution is 2.27. The van der Waals surface area contributed by atoms with Gasteiger partial charge in [0, 0.05) is 0 Å². The van der Waals surface area contributed by atoms with Crippen molar-refractivity contribution in [3.63, 3.8) is 0 Å². The van der Waals surface area contributed by atoms with Gasteiger partial charge in [0.15, 0.2) is 5.58 Å². The Balaban J connectivity index is 1.54. The van der Waals surface area contributed by atoms with E-state index in [-0.39, 0.29) is 11.8 Å². The minimum Gasteiger partial charge on any atom is -0.432 e. The predicted octanol–water partition coefficient (Wildman–Crippen LogP) is 4.25. The smallest absolute Gasteiger partial charge is 0.347 e. The van der Waals surface area contributed by atoms with Crippen LogP contribution in [0.5, 0.6) is 0 Å². The van der Waals surface area contributed by atoms with Gasteiger partial charge in [-0.3, -0.25) is 4.79 Å². The zero-order chi connectivity index (χ0) is 19.8. The number of amides is 1. The summed E-state index contributed by atoms with van der Waals surface area (Å²) in [5.74, 6) is -0.465. The van der Waals surface area contributed by atoms with Crippen LogP contribution >= 0.6 is 0 Å². The van der Waals surface area contributed by atoms with Crippen LogP contribution < -0.4 is 10.9 Å². The number of oxazole rings is 1. The second kappa shape index (κ2) is 6.72. The summed E-state index contributed by atoms with van der Waals surface area (Å²) in [7, 11) is 0. The monoisotopic (exact) mass is 383 g/mol. The molecule has 5 rings (SSSR count). The first-order valence-electron chi connectivity index (χ1n) is 8.85. The lowest BCUT2D eigenvalue weighted by atomic mass is 10.1. The Morgan fingerprint density at radius 2 is 1.52 bits per heavy atom. The van der Waals surface area contributed by atoms with Crippen molar-refractivity contribution < 1.29 is 13.6 Å². The number of para-hydroxylation sites is 4. The quantitative estimate of drug-likeness (QED) is 0.500. The summed E-state index contributed by atoms with van der Waals surface area (Å²) in [5.41, 5.74) is 2.02. The van der Waals surface area contributed by atoms with E-state index >= 15 is 0 Å². The van der Waals surface area contributed by atoms with Gasteiger partial charge >= 0.3 is 11.5 Å². The minimum absolute atomic E-state index is 0.0612. The third-order valence-corrected chi connectivity index (χ3v) is 4.43. The number of carbonyl (C=O) groups is 1. The molecule has 2 aromatic heterocycles. The highest BCUT2D eigenvalue weighted by Gasteiger charge is 2.18. The van der Waals surface area contributed by atoms with Gasteiger partial charge in [-0.05, 0) is 36.4 Å². The average molecular weight is 383 g/mol. The predicted molar refractivity (Wildman–Crippen MR) is 108 cm³/mol. The molecule has 7 nitrogen and oxygen atoms in total. The zero-order valence-electron chi connectivity index (χ0n) is 15.0. The van der Waals surface area contributed by atoms with Gasteiger partial charge in [0.1, 0.15) is 5.52 Å². The second-order valence-electron chi connectivity index (χ2n) is 6.31. The molecule has 0 radical (unpaired) electrons. The van der Waals surface area contributed by atoms with Crippen LogP contribution in [0, 0.1) is 0 Å². The Labute approximate surface area is 163 Å². The van der Waals surface area contributed by atoms with Crippen LogP contribution in [0.3, 0.4) is 0 Å². The van der Waals surface area contributed by atoms with E-state index < -0.39 is 11.5 Å². The number of nitrogens with one attached hydrogen (secondary N) is 1. The Morgan fingerprint density at radius 1 is 0.793 bits per heavy atom. The molecule has 2 heterocycles. The van der Waals surface area contributed by atoms with E-state index in [1.165, 1.54) is 0 Å². The van der Waals surface area contributed by atoms with Crippen molar-refractivity contribution in [1.29, 1.82) is 0 Å². The molecule has 0 saturated carbocycles. The number of hydrogen-bond acceptors (Lipinski definition) is 6. The van der Waals surface area contributed by atoms with Gasteiger partial charge in [0.25, 0.3) is 5.89 Å². The van der Waals surface area contributed by atoms with Crippen molar-refractivity contribution in [2.75, 3.05) is 5.32 Å². The van der Waals surface area contributed by atoms with Crippen molar-refractivity contribution in [3.05, 3.63) is 89.1 Å². The molecule has 0 aliphatic carbocycles. The largest absolute Gasteiger partial charge is 0.432 e. The van der Waals surface area contributed by atoms with E-state index in [0.717, 1.165) is 0 Å². The lowest BCUT2D eigenvalue weighted by Crippen LogP contribution is -2.13. The van der Waals surface area contributed by atoms with Crippen LogP contribution in [0.15, 0.2) is 86.4 Å². The van der Waals surface area contributed by atoms with Crippen molar-refractivity contribution in [3.8, 4) is 11.5 Å². The maximum atomic E-state index is 12.7. The van der Waals surface area contributed by atoms with E-state index in [4.69, 9.17) is 8.83 Å². The summed E-state index contributed by atoms with van der Waals surface area (Å²) in [6.45, 7) is 0. The number of nitrogens with zero attached hydrogens (tertiary/aromatic N) is 2. The molecule has 1 N–H and O–H groups in total. The van der Waals surface area contributed by atoms with E-state index in [9.17, 15) is 9.59 Å². The number of hydrogen-bond donors (Lipinski definition) is 1. The fourth-order valence-corrected chi connectivity index (χ4v) is 3.06. The number of aromatic nitrogens is 2. The Hall–Kier alpha value is -4.26. The SMILES string of the molecule is O=C(Nc1ccccc1-c1nc2ccccc2c(=O)o1)c1nc2ccccc2o1. The van der Waals surface area contributed by atoms with Crippen LogP contribution in [0.1, 0.15) is 10.7 Å². The second-order valence-corrected chi connectivity index (χ2v) is 6.31. The first-order valence-corrected chi connectivity index (χ1v) is 8.85. The third-order valence-electron chi connectivity index (χ3n) is 4.43. The molecular formula is C22H13N3O4. The number of fused-ring (bicyclic) bond motifs is 2. The van der Waals surface area contributed by atoms with Gasteiger partial charge in [0.2, 0.25) is 5.89 Å². The molecule has 0 spiro atoms. The van der Waals surface area contributed by atoms with Crippen molar-refractivity contribution in [2.24, 2.45) is 0 Å². The summed E-state index contributed by atoms with van der Waals surface area (Å²) < 4.78 is 10.9. The summed E-state index contributed by atoms with van der Waals surface area (Å²) in [4.78, 5) is 33.6. The van der Waals surface area contributed by atoms with Gasteiger partial charge in [-0.15, -0.1) is 0 Å². The Kier molecular flexibility index (Phi) is 3.91. The Bertz CT molecular complexity index is 1400.